The first-order valence-electron chi connectivity index (χ1n) is 17.1. The molecule has 3 aliphatic carbocycles. The second kappa shape index (κ2) is 19.0. The van der Waals surface area contributed by atoms with E-state index in [9.17, 15) is 19.2 Å². The van der Waals surface area contributed by atoms with Crippen molar-refractivity contribution in [3.05, 3.63) is 0 Å². The van der Waals surface area contributed by atoms with Crippen molar-refractivity contribution in [2.45, 2.75) is 126 Å². The predicted molar refractivity (Wildman–Crippen MR) is 172 cm³/mol. The van der Waals surface area contributed by atoms with Crippen LogP contribution in [0.4, 0.5) is 19.2 Å². The Morgan fingerprint density at radius 3 is 1.17 bits per heavy atom. The average Bonchev–Trinajstić information content (AvgIpc) is 3.02. The van der Waals surface area contributed by atoms with E-state index >= 15 is 0 Å². The van der Waals surface area contributed by atoms with Gasteiger partial charge in [-0.05, 0) is 89.9 Å². The summed E-state index contributed by atoms with van der Waals surface area (Å²) in [6, 6.07) is 0.683. The van der Waals surface area contributed by atoms with E-state index in [2.05, 4.69) is 0 Å². The van der Waals surface area contributed by atoms with Crippen molar-refractivity contribution in [3.63, 3.8) is 0 Å². The van der Waals surface area contributed by atoms with E-state index in [1.807, 2.05) is 0 Å². The Labute approximate surface area is 274 Å². The summed E-state index contributed by atoms with van der Waals surface area (Å²) in [5, 5.41) is 0. The summed E-state index contributed by atoms with van der Waals surface area (Å²) >= 11 is 0. The van der Waals surface area contributed by atoms with Crippen molar-refractivity contribution in [1.29, 1.82) is 0 Å². The molecule has 0 heterocycles. The molecule has 3 saturated carbocycles. The fraction of sp³-hybridized carbons (Fsp3) is 0.875. The van der Waals surface area contributed by atoms with E-state index in [1.165, 1.54) is 9.80 Å². The zero-order chi connectivity index (χ0) is 33.6. The zero-order valence-electron chi connectivity index (χ0n) is 28.4. The van der Waals surface area contributed by atoms with E-state index in [0.717, 1.165) is 64.2 Å². The second-order valence-corrected chi connectivity index (χ2v) is 13.3. The Kier molecular flexibility index (Phi) is 15.5. The highest BCUT2D eigenvalue weighted by atomic mass is 16.6. The predicted octanol–water partition coefficient (Wildman–Crippen LogP) is 3.89. The highest BCUT2D eigenvalue weighted by Gasteiger charge is 2.28. The summed E-state index contributed by atoms with van der Waals surface area (Å²) in [7, 11) is 6.75. The minimum atomic E-state index is -0.448. The largest absolute Gasteiger partial charge is 0.448 e. The highest BCUT2D eigenvalue weighted by molar-refractivity contribution is 5.69. The minimum absolute atomic E-state index is 0.0860. The lowest BCUT2D eigenvalue weighted by atomic mass is 9.91. The number of nitrogens with two attached hydrogens (primary N) is 2. The van der Waals surface area contributed by atoms with Crippen molar-refractivity contribution >= 4 is 24.4 Å². The summed E-state index contributed by atoms with van der Waals surface area (Å²) in [6.07, 6.45) is 9.13. The number of ether oxygens (including phenoxy) is 4. The number of hydrogen-bond donors (Lipinski definition) is 2. The van der Waals surface area contributed by atoms with Crippen LogP contribution in [0, 0.1) is 0 Å². The van der Waals surface area contributed by atoms with Crippen LogP contribution >= 0.6 is 0 Å². The fourth-order valence-electron chi connectivity index (χ4n) is 6.34. The first kappa shape index (κ1) is 37.5. The lowest BCUT2D eigenvalue weighted by Gasteiger charge is -2.33. The Hall–Kier alpha value is -3.00. The molecule has 0 aliphatic heterocycles. The van der Waals surface area contributed by atoms with E-state index in [1.54, 1.807) is 38.0 Å². The third-order valence-electron chi connectivity index (χ3n) is 9.72. The number of hydrogen-bond acceptors (Lipinski definition) is 10. The van der Waals surface area contributed by atoms with Gasteiger partial charge in [-0.25, -0.2) is 19.2 Å². The molecule has 0 atom stereocenters. The number of nitrogens with zero attached hydrogens (tertiary/aromatic N) is 4. The molecule has 14 nitrogen and oxygen atoms in total. The zero-order valence-corrected chi connectivity index (χ0v) is 28.4. The lowest BCUT2D eigenvalue weighted by Crippen LogP contribution is -2.43. The normalized spacial score (nSPS) is 26.8. The van der Waals surface area contributed by atoms with Gasteiger partial charge >= 0.3 is 24.4 Å². The van der Waals surface area contributed by atoms with Gasteiger partial charge in [0.2, 0.25) is 0 Å². The van der Waals surface area contributed by atoms with E-state index in [-0.39, 0.29) is 62.7 Å². The van der Waals surface area contributed by atoms with Gasteiger partial charge in [-0.1, -0.05) is 0 Å². The molecule has 4 amide bonds. The molecule has 0 bridgehead atoms. The molecule has 46 heavy (non-hydrogen) atoms. The standard InChI is InChI=1S/C32H58N6O8/c1-35(19-21-43-31(41)37(3)25-15-11-23(33)12-16-25)29(39)45-27-7-5-9-28(10-6-8-27)46-30(40)36(2)20-22-44-32(42)38(4)26-17-13-24(34)14-18-26/h23-28H,5-22,33-34H2,1-4H3/t23-,24-,25-,26-,27-,28+. The van der Waals surface area contributed by atoms with Crippen LogP contribution in [0.3, 0.4) is 0 Å². The molecule has 0 aromatic rings. The topological polar surface area (TPSA) is 170 Å². The minimum Gasteiger partial charge on any atom is -0.448 e. The summed E-state index contributed by atoms with van der Waals surface area (Å²) in [5.41, 5.74) is 11.9. The van der Waals surface area contributed by atoms with Crippen LogP contribution in [0.15, 0.2) is 0 Å². The molecular formula is C32H58N6O8. The van der Waals surface area contributed by atoms with Crippen LogP contribution < -0.4 is 11.5 Å². The molecule has 4 N–H and O–H groups in total. The monoisotopic (exact) mass is 654 g/mol. The number of carbonyl (C=O) groups is 4. The van der Waals surface area contributed by atoms with Crippen LogP contribution in [0.25, 0.3) is 0 Å². The smallest absolute Gasteiger partial charge is 0.409 e. The van der Waals surface area contributed by atoms with E-state index in [4.69, 9.17) is 30.4 Å². The van der Waals surface area contributed by atoms with E-state index in [0.29, 0.717) is 25.7 Å². The van der Waals surface area contributed by atoms with Gasteiger partial charge in [0, 0.05) is 52.4 Å². The molecule has 14 heteroatoms. The van der Waals surface area contributed by atoms with Crippen LogP contribution in [0.2, 0.25) is 0 Å². The van der Waals surface area contributed by atoms with Gasteiger partial charge in [0.15, 0.2) is 0 Å². The molecule has 0 unspecified atom stereocenters. The molecule has 264 valence electrons. The van der Waals surface area contributed by atoms with Crippen molar-refractivity contribution in [2.24, 2.45) is 11.5 Å². The number of carbonyl (C=O) groups excluding carboxylic acids is 4. The van der Waals surface area contributed by atoms with Crippen LogP contribution in [-0.4, -0.2) is 135 Å². The summed E-state index contributed by atoms with van der Waals surface area (Å²) in [5.74, 6) is 0. The van der Waals surface area contributed by atoms with Gasteiger partial charge in [0.05, 0.1) is 13.1 Å². The van der Waals surface area contributed by atoms with Crippen LogP contribution in [0.1, 0.15) is 89.9 Å². The third-order valence-corrected chi connectivity index (χ3v) is 9.72. The molecule has 3 rings (SSSR count). The second-order valence-electron chi connectivity index (χ2n) is 13.3. The highest BCUT2D eigenvalue weighted by Crippen LogP contribution is 2.24. The average molecular weight is 655 g/mol. The molecule has 0 aromatic heterocycles. The Bertz CT molecular complexity index is 888. The van der Waals surface area contributed by atoms with Crippen molar-refractivity contribution in [1.82, 2.24) is 19.6 Å². The van der Waals surface area contributed by atoms with Gasteiger partial charge < -0.3 is 50.0 Å². The lowest BCUT2D eigenvalue weighted by molar-refractivity contribution is 0.0262. The maximum atomic E-state index is 12.7. The van der Waals surface area contributed by atoms with Crippen molar-refractivity contribution in [2.75, 3.05) is 54.5 Å². The van der Waals surface area contributed by atoms with Gasteiger partial charge in [-0.3, -0.25) is 0 Å². The van der Waals surface area contributed by atoms with Crippen LogP contribution in [-0.2, 0) is 18.9 Å². The summed E-state index contributed by atoms with van der Waals surface area (Å²) in [4.78, 5) is 56.3. The summed E-state index contributed by atoms with van der Waals surface area (Å²) < 4.78 is 22.3. The van der Waals surface area contributed by atoms with Crippen molar-refractivity contribution in [3.8, 4) is 0 Å². The Balaban J connectivity index is 1.27. The maximum Gasteiger partial charge on any atom is 0.409 e. The molecule has 0 saturated heterocycles. The quantitative estimate of drug-likeness (QED) is 0.330. The van der Waals surface area contributed by atoms with Crippen LogP contribution in [0.5, 0.6) is 0 Å². The first-order valence-corrected chi connectivity index (χ1v) is 17.1. The molecule has 0 aromatic carbocycles. The molecule has 3 aliphatic rings. The number of rotatable bonds is 10. The van der Waals surface area contributed by atoms with Crippen molar-refractivity contribution < 1.29 is 38.1 Å². The maximum absolute atomic E-state index is 12.7. The molecule has 0 radical (unpaired) electrons. The van der Waals surface area contributed by atoms with Gasteiger partial charge in [-0.15, -0.1) is 0 Å². The fourth-order valence-corrected chi connectivity index (χ4v) is 6.34. The van der Waals surface area contributed by atoms with Gasteiger partial charge in [0.1, 0.15) is 25.4 Å². The Morgan fingerprint density at radius 1 is 0.522 bits per heavy atom. The number of likely N-dealkylation sites (N-methyl/N-ethyl adjacent to an activating group) is 2. The summed E-state index contributed by atoms with van der Waals surface area (Å²) in [6.45, 7) is 0.640. The molecule has 0 spiro atoms. The van der Waals surface area contributed by atoms with Gasteiger partial charge in [0.25, 0.3) is 0 Å². The third kappa shape index (κ3) is 12.3. The molecule has 3 fully saturated rings. The first-order chi connectivity index (χ1) is 21.9. The Morgan fingerprint density at radius 2 is 0.848 bits per heavy atom. The SMILES string of the molecule is CN(CCOC(=O)N(C)[C@H]1CC[C@H](N)CC1)C(=O)O[C@H]1CCC[C@@H](OC(=O)N(C)CCOC(=O)N(C)[C@H]2CC[C@H](N)CC2)CCC1. The van der Waals surface area contributed by atoms with E-state index < -0.39 is 24.4 Å². The number of amides is 4. The van der Waals surface area contributed by atoms with Gasteiger partial charge in [-0.2, -0.15) is 0 Å². The molecular weight excluding hydrogens is 596 g/mol.